The zero-order valence-corrected chi connectivity index (χ0v) is 11.5. The van der Waals surface area contributed by atoms with E-state index in [1.165, 1.54) is 12.1 Å². The lowest BCUT2D eigenvalue weighted by Crippen LogP contribution is -2.40. The Morgan fingerprint density at radius 2 is 2.12 bits per heavy atom. The molecule has 1 N–H and O–H groups in total. The van der Waals surface area contributed by atoms with Gasteiger partial charge in [-0.15, -0.1) is 0 Å². The Hall–Kier alpha value is -0.750. The van der Waals surface area contributed by atoms with E-state index >= 15 is 0 Å². The van der Waals surface area contributed by atoms with Crippen molar-refractivity contribution >= 4 is 39.4 Å². The normalized spacial score (nSPS) is 15.8. The highest BCUT2D eigenvalue weighted by atomic mass is 79.9. The smallest absolute Gasteiger partial charge is 0.321 e. The zero-order valence-electron chi connectivity index (χ0n) is 9.08. The first kappa shape index (κ1) is 12.7. The number of halogens is 2. The summed E-state index contributed by atoms with van der Waals surface area (Å²) in [4.78, 5) is 13.7. The van der Waals surface area contributed by atoms with E-state index < -0.39 is 0 Å². The second-order valence-corrected chi connectivity index (χ2v) is 5.73. The molecule has 92 valence electrons. The van der Waals surface area contributed by atoms with Gasteiger partial charge < -0.3 is 10.2 Å². The van der Waals surface area contributed by atoms with Crippen LogP contribution in [0.1, 0.15) is 0 Å². The lowest BCUT2D eigenvalue weighted by Gasteiger charge is -2.26. The number of hydrogen-bond donors (Lipinski definition) is 1. The first-order valence-electron chi connectivity index (χ1n) is 5.25. The van der Waals surface area contributed by atoms with Crippen LogP contribution in [-0.4, -0.2) is 35.5 Å². The van der Waals surface area contributed by atoms with Crippen LogP contribution >= 0.6 is 27.7 Å². The molecule has 0 aromatic heterocycles. The third-order valence-corrected chi connectivity index (χ3v) is 4.07. The number of anilines is 1. The molecule has 1 aliphatic rings. The molecule has 1 fully saturated rings. The molecule has 6 heteroatoms. The number of carbonyl (C=O) groups excluding carboxylic acids is 1. The number of hydrogen-bond acceptors (Lipinski definition) is 2. The Bertz CT molecular complexity index is 424. The van der Waals surface area contributed by atoms with Crippen molar-refractivity contribution in [2.45, 2.75) is 0 Å². The van der Waals surface area contributed by atoms with Crippen molar-refractivity contribution in [1.82, 2.24) is 4.90 Å². The second kappa shape index (κ2) is 5.73. The maximum absolute atomic E-state index is 12.9. The summed E-state index contributed by atoms with van der Waals surface area (Å²) in [5, 5.41) is 2.77. The highest BCUT2D eigenvalue weighted by Crippen LogP contribution is 2.23. The van der Waals surface area contributed by atoms with Crippen LogP contribution in [-0.2, 0) is 0 Å². The van der Waals surface area contributed by atoms with Crippen molar-refractivity contribution in [1.29, 1.82) is 0 Å². The molecule has 1 saturated heterocycles. The van der Waals surface area contributed by atoms with Crippen LogP contribution in [0.25, 0.3) is 0 Å². The van der Waals surface area contributed by atoms with Crippen LogP contribution in [0.3, 0.4) is 0 Å². The number of nitrogens with zero attached hydrogens (tertiary/aromatic N) is 1. The van der Waals surface area contributed by atoms with Gasteiger partial charge in [0.15, 0.2) is 0 Å². The van der Waals surface area contributed by atoms with Gasteiger partial charge in [0, 0.05) is 29.1 Å². The Balaban J connectivity index is 2.02. The highest BCUT2D eigenvalue weighted by Gasteiger charge is 2.17. The third-order valence-electron chi connectivity index (χ3n) is 2.47. The molecule has 1 aliphatic heterocycles. The fourth-order valence-corrected chi connectivity index (χ4v) is 2.90. The summed E-state index contributed by atoms with van der Waals surface area (Å²) in [5.41, 5.74) is 0.592. The molecule has 0 bridgehead atoms. The van der Waals surface area contributed by atoms with Gasteiger partial charge in [-0.25, -0.2) is 9.18 Å². The van der Waals surface area contributed by atoms with Crippen LogP contribution in [0.2, 0.25) is 0 Å². The molecule has 0 aliphatic carbocycles. The molecule has 0 spiro atoms. The number of thioether (sulfide) groups is 1. The molecule has 1 aromatic rings. The summed E-state index contributed by atoms with van der Waals surface area (Å²) in [6.45, 7) is 1.52. The quantitative estimate of drug-likeness (QED) is 0.862. The van der Waals surface area contributed by atoms with E-state index in [0.29, 0.717) is 10.2 Å². The largest absolute Gasteiger partial charge is 0.323 e. The van der Waals surface area contributed by atoms with Gasteiger partial charge in [-0.2, -0.15) is 11.8 Å². The highest BCUT2D eigenvalue weighted by molar-refractivity contribution is 9.10. The summed E-state index contributed by atoms with van der Waals surface area (Å²) in [6.07, 6.45) is 0. The summed E-state index contributed by atoms with van der Waals surface area (Å²) >= 11 is 5.07. The summed E-state index contributed by atoms with van der Waals surface area (Å²) < 4.78 is 13.4. The first-order valence-corrected chi connectivity index (χ1v) is 7.20. The summed E-state index contributed by atoms with van der Waals surface area (Å²) in [6, 6.07) is 4.09. The molecule has 3 nitrogen and oxygen atoms in total. The topological polar surface area (TPSA) is 32.3 Å². The van der Waals surface area contributed by atoms with E-state index in [0.717, 1.165) is 24.6 Å². The van der Waals surface area contributed by atoms with E-state index in [2.05, 4.69) is 21.2 Å². The van der Waals surface area contributed by atoms with Crippen LogP contribution in [0.4, 0.5) is 14.9 Å². The maximum Gasteiger partial charge on any atom is 0.321 e. The minimum Gasteiger partial charge on any atom is -0.323 e. The lowest BCUT2D eigenvalue weighted by atomic mass is 10.3. The van der Waals surface area contributed by atoms with E-state index in [4.69, 9.17) is 0 Å². The van der Waals surface area contributed by atoms with Crippen LogP contribution in [0.15, 0.2) is 22.7 Å². The number of carbonyl (C=O) groups is 1. The molecule has 0 radical (unpaired) electrons. The van der Waals surface area contributed by atoms with Crippen molar-refractivity contribution in [3.63, 3.8) is 0 Å². The van der Waals surface area contributed by atoms with Crippen molar-refractivity contribution < 1.29 is 9.18 Å². The molecule has 1 heterocycles. The van der Waals surface area contributed by atoms with Gasteiger partial charge >= 0.3 is 6.03 Å². The van der Waals surface area contributed by atoms with Crippen molar-refractivity contribution in [2.75, 3.05) is 29.9 Å². The number of rotatable bonds is 1. The first-order chi connectivity index (χ1) is 8.16. The maximum atomic E-state index is 12.9. The van der Waals surface area contributed by atoms with Crippen molar-refractivity contribution in [2.24, 2.45) is 0 Å². The summed E-state index contributed by atoms with van der Waals surface area (Å²) in [5.74, 6) is 1.61. The van der Waals surface area contributed by atoms with E-state index in [9.17, 15) is 9.18 Å². The zero-order chi connectivity index (χ0) is 12.3. The minimum absolute atomic E-state index is 0.127. The lowest BCUT2D eigenvalue weighted by molar-refractivity contribution is 0.217. The van der Waals surface area contributed by atoms with Gasteiger partial charge in [-0.1, -0.05) is 0 Å². The third kappa shape index (κ3) is 3.35. The Labute approximate surface area is 112 Å². The summed E-state index contributed by atoms with van der Waals surface area (Å²) in [7, 11) is 0. The molecule has 2 rings (SSSR count). The van der Waals surface area contributed by atoms with Crippen LogP contribution in [0, 0.1) is 5.82 Å². The van der Waals surface area contributed by atoms with Gasteiger partial charge in [0.1, 0.15) is 5.82 Å². The standard InChI is InChI=1S/C11H12BrFN2OS/c12-9-7-8(13)1-2-10(9)14-11(16)15-3-5-17-6-4-15/h1-2,7H,3-6H2,(H,14,16). The number of benzene rings is 1. The van der Waals surface area contributed by atoms with E-state index in [1.807, 2.05) is 11.8 Å². The Kier molecular flexibility index (Phi) is 4.28. The molecule has 17 heavy (non-hydrogen) atoms. The fourth-order valence-electron chi connectivity index (χ4n) is 1.55. The SMILES string of the molecule is O=C(Nc1ccc(F)cc1Br)N1CCSCC1. The van der Waals surface area contributed by atoms with Crippen molar-refractivity contribution in [3.8, 4) is 0 Å². The van der Waals surface area contributed by atoms with Gasteiger partial charge in [0.2, 0.25) is 0 Å². The van der Waals surface area contributed by atoms with Gasteiger partial charge in [0.25, 0.3) is 0 Å². The van der Waals surface area contributed by atoms with E-state index in [-0.39, 0.29) is 11.8 Å². The number of nitrogens with one attached hydrogen (secondary N) is 1. The average Bonchev–Trinajstić information content (AvgIpc) is 2.34. The molecule has 0 unspecified atom stereocenters. The fraction of sp³-hybridized carbons (Fsp3) is 0.364. The Morgan fingerprint density at radius 1 is 1.41 bits per heavy atom. The number of urea groups is 1. The van der Waals surface area contributed by atoms with Crippen LogP contribution < -0.4 is 5.32 Å². The van der Waals surface area contributed by atoms with Gasteiger partial charge in [-0.05, 0) is 34.1 Å². The number of amides is 2. The Morgan fingerprint density at radius 3 is 2.76 bits per heavy atom. The second-order valence-electron chi connectivity index (χ2n) is 3.65. The predicted octanol–water partition coefficient (Wildman–Crippen LogP) is 3.17. The monoisotopic (exact) mass is 318 g/mol. The molecule has 0 saturated carbocycles. The van der Waals surface area contributed by atoms with E-state index in [1.54, 1.807) is 11.0 Å². The molecule has 1 aromatic carbocycles. The predicted molar refractivity (Wildman–Crippen MR) is 72.0 cm³/mol. The molecular weight excluding hydrogens is 307 g/mol. The molecule has 0 atom stereocenters. The molecule has 2 amide bonds. The van der Waals surface area contributed by atoms with Crippen molar-refractivity contribution in [3.05, 3.63) is 28.5 Å². The average molecular weight is 319 g/mol. The van der Waals surface area contributed by atoms with Gasteiger partial charge in [0.05, 0.1) is 5.69 Å². The molecular formula is C11H12BrFN2OS. The minimum atomic E-state index is -0.329. The van der Waals surface area contributed by atoms with Crippen LogP contribution in [0.5, 0.6) is 0 Å². The van der Waals surface area contributed by atoms with Gasteiger partial charge in [-0.3, -0.25) is 0 Å².